The van der Waals surface area contributed by atoms with Crippen molar-refractivity contribution in [2.24, 2.45) is 0 Å². The zero-order chi connectivity index (χ0) is 24.1. The lowest BCUT2D eigenvalue weighted by molar-refractivity contribution is -0.117. The minimum Gasteiger partial charge on any atom is -0.497 e. The van der Waals surface area contributed by atoms with Gasteiger partial charge in [-0.3, -0.25) is 9.69 Å². The molecule has 34 heavy (non-hydrogen) atoms. The lowest BCUT2D eigenvalue weighted by Gasteiger charge is -2.18. The van der Waals surface area contributed by atoms with Crippen LogP contribution in [0.25, 0.3) is 16.9 Å². The first-order chi connectivity index (χ1) is 16.4. The maximum absolute atomic E-state index is 12.8. The minimum absolute atomic E-state index is 0.0404. The summed E-state index contributed by atoms with van der Waals surface area (Å²) < 4.78 is 7.19. The van der Waals surface area contributed by atoms with E-state index in [-0.39, 0.29) is 12.5 Å². The summed E-state index contributed by atoms with van der Waals surface area (Å²) in [6.45, 7) is 4.86. The molecule has 1 heterocycles. The fourth-order valence-electron chi connectivity index (χ4n) is 4.01. The zero-order valence-electron chi connectivity index (χ0n) is 20.1. The summed E-state index contributed by atoms with van der Waals surface area (Å²) in [7, 11) is 3.60. The van der Waals surface area contributed by atoms with Crippen LogP contribution in [0, 0.1) is 13.8 Å². The van der Waals surface area contributed by atoms with E-state index < -0.39 is 0 Å². The molecule has 1 N–H and O–H groups in total. The predicted molar refractivity (Wildman–Crippen MR) is 136 cm³/mol. The highest BCUT2D eigenvalue weighted by Crippen LogP contribution is 2.27. The van der Waals surface area contributed by atoms with Gasteiger partial charge in [0.2, 0.25) is 5.91 Å². The molecule has 0 atom stereocenters. The van der Waals surface area contributed by atoms with Gasteiger partial charge in [-0.05, 0) is 68.4 Å². The standard InChI is InChI=1S/C28H30N4O2/c1-20-9-8-10-21(2)27(20)29-26(33)19-31(3)17-23-18-32(24-11-6-5-7-12-24)30-28(23)22-13-15-25(34-4)16-14-22/h5-16,18H,17,19H2,1-4H3,(H,29,33). The first-order valence-electron chi connectivity index (χ1n) is 11.3. The van der Waals surface area contributed by atoms with E-state index >= 15 is 0 Å². The zero-order valence-corrected chi connectivity index (χ0v) is 20.1. The second-order valence-corrected chi connectivity index (χ2v) is 8.50. The van der Waals surface area contributed by atoms with Gasteiger partial charge >= 0.3 is 0 Å². The van der Waals surface area contributed by atoms with E-state index in [0.29, 0.717) is 6.54 Å². The number of anilines is 1. The van der Waals surface area contributed by atoms with Gasteiger partial charge in [-0.25, -0.2) is 4.68 Å². The van der Waals surface area contributed by atoms with Gasteiger partial charge in [0.25, 0.3) is 0 Å². The number of rotatable bonds is 8. The molecule has 6 heteroatoms. The van der Waals surface area contributed by atoms with Crippen molar-refractivity contribution in [3.63, 3.8) is 0 Å². The molecule has 1 aromatic heterocycles. The second-order valence-electron chi connectivity index (χ2n) is 8.50. The smallest absolute Gasteiger partial charge is 0.238 e. The Kier molecular flexibility index (Phi) is 7.09. The highest BCUT2D eigenvalue weighted by atomic mass is 16.5. The first kappa shape index (κ1) is 23.3. The third-order valence-electron chi connectivity index (χ3n) is 5.77. The number of nitrogens with zero attached hydrogens (tertiary/aromatic N) is 3. The van der Waals surface area contributed by atoms with E-state index in [1.807, 2.05) is 109 Å². The van der Waals surface area contributed by atoms with E-state index in [1.165, 1.54) is 0 Å². The van der Waals surface area contributed by atoms with Crippen molar-refractivity contribution >= 4 is 11.6 Å². The quantitative estimate of drug-likeness (QED) is 0.396. The molecule has 1 amide bonds. The van der Waals surface area contributed by atoms with Crippen LogP contribution in [0.1, 0.15) is 16.7 Å². The largest absolute Gasteiger partial charge is 0.497 e. The van der Waals surface area contributed by atoms with Crippen LogP contribution in [0.4, 0.5) is 5.69 Å². The number of ether oxygens (including phenoxy) is 1. The van der Waals surface area contributed by atoms with Crippen molar-refractivity contribution in [1.29, 1.82) is 0 Å². The topological polar surface area (TPSA) is 59.4 Å². The van der Waals surface area contributed by atoms with Crippen molar-refractivity contribution in [2.75, 3.05) is 26.0 Å². The van der Waals surface area contributed by atoms with Crippen LogP contribution in [0.2, 0.25) is 0 Å². The summed E-state index contributed by atoms with van der Waals surface area (Å²) in [6.07, 6.45) is 2.04. The number of methoxy groups -OCH3 is 1. The summed E-state index contributed by atoms with van der Waals surface area (Å²) in [5.74, 6) is 0.759. The van der Waals surface area contributed by atoms with E-state index in [0.717, 1.165) is 45.1 Å². The molecule has 6 nitrogen and oxygen atoms in total. The van der Waals surface area contributed by atoms with Crippen molar-refractivity contribution in [2.45, 2.75) is 20.4 Å². The maximum atomic E-state index is 12.8. The van der Waals surface area contributed by atoms with Crippen LogP contribution in [0.3, 0.4) is 0 Å². The van der Waals surface area contributed by atoms with E-state index in [1.54, 1.807) is 7.11 Å². The molecule has 4 aromatic rings. The summed E-state index contributed by atoms with van der Waals surface area (Å²) >= 11 is 0. The molecule has 0 saturated heterocycles. The molecule has 3 aromatic carbocycles. The normalized spacial score (nSPS) is 11.0. The summed E-state index contributed by atoms with van der Waals surface area (Å²) in [4.78, 5) is 14.8. The summed E-state index contributed by atoms with van der Waals surface area (Å²) in [5, 5.41) is 7.95. The molecule has 0 fully saturated rings. The Hall–Kier alpha value is -3.90. The second kappa shape index (κ2) is 10.4. The van der Waals surface area contributed by atoms with Gasteiger partial charge in [-0.2, -0.15) is 5.10 Å². The lowest BCUT2D eigenvalue weighted by Crippen LogP contribution is -2.30. The number of hydrogen-bond acceptors (Lipinski definition) is 4. The van der Waals surface area contributed by atoms with Gasteiger partial charge in [-0.15, -0.1) is 0 Å². The Balaban J connectivity index is 1.55. The van der Waals surface area contributed by atoms with Crippen molar-refractivity contribution < 1.29 is 9.53 Å². The van der Waals surface area contributed by atoms with Crippen LogP contribution in [0.5, 0.6) is 5.75 Å². The Labute approximate surface area is 200 Å². The van der Waals surface area contributed by atoms with E-state index in [2.05, 4.69) is 5.32 Å². The third-order valence-corrected chi connectivity index (χ3v) is 5.77. The van der Waals surface area contributed by atoms with Gasteiger partial charge in [0.15, 0.2) is 0 Å². The van der Waals surface area contributed by atoms with Gasteiger partial charge in [-0.1, -0.05) is 36.4 Å². The Morgan fingerprint density at radius 2 is 1.65 bits per heavy atom. The number of nitrogens with one attached hydrogen (secondary N) is 1. The van der Waals surface area contributed by atoms with Gasteiger partial charge in [0, 0.05) is 29.6 Å². The number of para-hydroxylation sites is 2. The number of amides is 1. The Morgan fingerprint density at radius 1 is 0.971 bits per heavy atom. The molecular formula is C28H30N4O2. The van der Waals surface area contributed by atoms with Crippen LogP contribution >= 0.6 is 0 Å². The minimum atomic E-state index is -0.0404. The summed E-state index contributed by atoms with van der Waals surface area (Å²) in [6, 6.07) is 23.9. The van der Waals surface area contributed by atoms with Crippen molar-refractivity contribution in [3.05, 3.63) is 95.7 Å². The number of aromatic nitrogens is 2. The number of carbonyl (C=O) groups is 1. The molecule has 4 rings (SSSR count). The number of benzene rings is 3. The molecule has 0 spiro atoms. The molecule has 0 unspecified atom stereocenters. The van der Waals surface area contributed by atoms with Crippen LogP contribution < -0.4 is 10.1 Å². The predicted octanol–water partition coefficient (Wildman–Crippen LogP) is 5.24. The molecule has 0 aliphatic rings. The number of hydrogen-bond donors (Lipinski definition) is 1. The fourth-order valence-corrected chi connectivity index (χ4v) is 4.01. The highest BCUT2D eigenvalue weighted by Gasteiger charge is 2.16. The summed E-state index contributed by atoms with van der Waals surface area (Å²) in [5.41, 5.74) is 6.91. The fraction of sp³-hybridized carbons (Fsp3) is 0.214. The molecule has 174 valence electrons. The molecule has 0 saturated carbocycles. The molecular weight excluding hydrogens is 424 g/mol. The van der Waals surface area contributed by atoms with Crippen LogP contribution in [-0.2, 0) is 11.3 Å². The SMILES string of the molecule is COc1ccc(-c2nn(-c3ccccc3)cc2CN(C)CC(=O)Nc2c(C)cccc2C)cc1. The Bertz CT molecular complexity index is 1240. The monoisotopic (exact) mass is 454 g/mol. The number of likely N-dealkylation sites (N-methyl/N-ethyl adjacent to an activating group) is 1. The highest BCUT2D eigenvalue weighted by molar-refractivity contribution is 5.93. The lowest BCUT2D eigenvalue weighted by atomic mass is 10.1. The van der Waals surface area contributed by atoms with Crippen molar-refractivity contribution in [1.82, 2.24) is 14.7 Å². The molecule has 0 aliphatic heterocycles. The van der Waals surface area contributed by atoms with E-state index in [9.17, 15) is 4.79 Å². The number of carbonyl (C=O) groups excluding carboxylic acids is 1. The van der Waals surface area contributed by atoms with Crippen LogP contribution in [-0.4, -0.2) is 41.3 Å². The third kappa shape index (κ3) is 5.35. The van der Waals surface area contributed by atoms with Gasteiger partial charge in [0.1, 0.15) is 5.75 Å². The molecule has 0 radical (unpaired) electrons. The average Bonchev–Trinajstić information content (AvgIpc) is 3.25. The van der Waals surface area contributed by atoms with Crippen molar-refractivity contribution in [3.8, 4) is 22.7 Å². The Morgan fingerprint density at radius 3 is 2.29 bits per heavy atom. The maximum Gasteiger partial charge on any atom is 0.238 e. The number of aryl methyl sites for hydroxylation is 2. The first-order valence-corrected chi connectivity index (χ1v) is 11.3. The average molecular weight is 455 g/mol. The molecule has 0 bridgehead atoms. The van der Waals surface area contributed by atoms with Crippen LogP contribution in [0.15, 0.2) is 79.0 Å². The van der Waals surface area contributed by atoms with E-state index in [4.69, 9.17) is 9.84 Å². The molecule has 0 aliphatic carbocycles. The van der Waals surface area contributed by atoms with Gasteiger partial charge < -0.3 is 10.1 Å². The van der Waals surface area contributed by atoms with Gasteiger partial charge in [0.05, 0.1) is 25.0 Å².